The van der Waals surface area contributed by atoms with Crippen LogP contribution < -0.4 is 11.1 Å². The lowest BCUT2D eigenvalue weighted by Crippen LogP contribution is -2.44. The van der Waals surface area contributed by atoms with Crippen molar-refractivity contribution in [2.75, 3.05) is 13.7 Å². The minimum atomic E-state index is -0.611. The molecule has 0 fully saturated rings. The SMILES string of the molecule is COCC(N)C(=O)NC(C)c1ccc2c(c1)CCCC2.Cl. The maximum absolute atomic E-state index is 11.9. The number of amides is 1. The minimum absolute atomic E-state index is 0. The topological polar surface area (TPSA) is 64.3 Å². The summed E-state index contributed by atoms with van der Waals surface area (Å²) in [5.41, 5.74) is 9.75. The van der Waals surface area contributed by atoms with Crippen LogP contribution in [0.4, 0.5) is 0 Å². The molecule has 0 saturated carbocycles. The molecule has 0 saturated heterocycles. The first kappa shape index (κ1) is 18.0. The van der Waals surface area contributed by atoms with Crippen LogP contribution in [0.5, 0.6) is 0 Å². The van der Waals surface area contributed by atoms with Gasteiger partial charge in [0.15, 0.2) is 0 Å². The van der Waals surface area contributed by atoms with E-state index in [1.54, 1.807) is 7.11 Å². The second kappa shape index (κ2) is 8.37. The first-order valence-electron chi connectivity index (χ1n) is 7.28. The van der Waals surface area contributed by atoms with Crippen LogP contribution in [0.2, 0.25) is 0 Å². The van der Waals surface area contributed by atoms with E-state index in [0.29, 0.717) is 0 Å². The number of nitrogens with one attached hydrogen (secondary N) is 1. The number of carbonyl (C=O) groups is 1. The Morgan fingerprint density at radius 2 is 2.00 bits per heavy atom. The van der Waals surface area contributed by atoms with Crippen LogP contribution in [-0.2, 0) is 22.4 Å². The fourth-order valence-corrected chi connectivity index (χ4v) is 2.68. The largest absolute Gasteiger partial charge is 0.383 e. The van der Waals surface area contributed by atoms with Crippen LogP contribution >= 0.6 is 12.4 Å². The Balaban J connectivity index is 0.00000220. The number of methoxy groups -OCH3 is 1. The molecule has 118 valence electrons. The van der Waals surface area contributed by atoms with E-state index in [2.05, 4.69) is 23.5 Å². The molecule has 0 aromatic heterocycles. The summed E-state index contributed by atoms with van der Waals surface area (Å²) in [5, 5.41) is 2.94. The Bertz CT molecular complexity index is 479. The van der Waals surface area contributed by atoms with Gasteiger partial charge >= 0.3 is 0 Å². The summed E-state index contributed by atoms with van der Waals surface area (Å²) in [6.45, 7) is 2.23. The highest BCUT2D eigenvalue weighted by Gasteiger charge is 2.17. The third kappa shape index (κ3) is 4.70. The van der Waals surface area contributed by atoms with Crippen LogP contribution in [0.25, 0.3) is 0 Å². The van der Waals surface area contributed by atoms with Gasteiger partial charge in [0.2, 0.25) is 5.91 Å². The van der Waals surface area contributed by atoms with Gasteiger partial charge in [0.25, 0.3) is 0 Å². The minimum Gasteiger partial charge on any atom is -0.383 e. The van der Waals surface area contributed by atoms with Crippen molar-refractivity contribution >= 4 is 18.3 Å². The molecule has 0 aliphatic heterocycles. The van der Waals surface area contributed by atoms with Gasteiger partial charge in [-0.3, -0.25) is 4.79 Å². The highest BCUT2D eigenvalue weighted by Crippen LogP contribution is 2.24. The van der Waals surface area contributed by atoms with Crippen molar-refractivity contribution in [1.82, 2.24) is 5.32 Å². The summed E-state index contributed by atoms with van der Waals surface area (Å²) >= 11 is 0. The van der Waals surface area contributed by atoms with Crippen molar-refractivity contribution in [3.8, 4) is 0 Å². The number of aryl methyl sites for hydroxylation is 2. The van der Waals surface area contributed by atoms with E-state index in [0.717, 1.165) is 12.0 Å². The predicted octanol–water partition coefficient (Wildman–Crippen LogP) is 2.14. The molecule has 0 bridgehead atoms. The predicted molar refractivity (Wildman–Crippen MR) is 86.7 cm³/mol. The van der Waals surface area contributed by atoms with Crippen molar-refractivity contribution < 1.29 is 9.53 Å². The quantitative estimate of drug-likeness (QED) is 0.875. The first-order chi connectivity index (χ1) is 9.61. The zero-order valence-electron chi connectivity index (χ0n) is 12.7. The molecule has 1 aromatic rings. The molecule has 0 spiro atoms. The van der Waals surface area contributed by atoms with Gasteiger partial charge in [0.05, 0.1) is 12.6 Å². The lowest BCUT2D eigenvalue weighted by molar-refractivity contribution is -0.124. The van der Waals surface area contributed by atoms with Crippen molar-refractivity contribution in [1.29, 1.82) is 0 Å². The second-order valence-electron chi connectivity index (χ2n) is 5.53. The number of hydrogen-bond acceptors (Lipinski definition) is 3. The Kier molecular flexibility index (Phi) is 7.15. The van der Waals surface area contributed by atoms with Crippen LogP contribution in [0.15, 0.2) is 18.2 Å². The molecule has 0 radical (unpaired) electrons. The summed E-state index contributed by atoms with van der Waals surface area (Å²) in [7, 11) is 1.54. The van der Waals surface area contributed by atoms with E-state index in [-0.39, 0.29) is 31.0 Å². The number of benzene rings is 1. The summed E-state index contributed by atoms with van der Waals surface area (Å²) in [4.78, 5) is 11.9. The molecule has 1 aliphatic carbocycles. The standard InChI is InChI=1S/C16H24N2O2.ClH/c1-11(18-16(19)15(17)10-20-2)13-8-7-12-5-3-4-6-14(12)9-13;/h7-9,11,15H,3-6,10,17H2,1-2H3,(H,18,19);1H. The average molecular weight is 313 g/mol. The van der Waals surface area contributed by atoms with Crippen molar-refractivity contribution in [3.05, 3.63) is 34.9 Å². The second-order valence-corrected chi connectivity index (χ2v) is 5.53. The maximum Gasteiger partial charge on any atom is 0.239 e. The molecule has 1 aromatic carbocycles. The van der Waals surface area contributed by atoms with Crippen molar-refractivity contribution in [2.45, 2.75) is 44.7 Å². The molecule has 5 heteroatoms. The van der Waals surface area contributed by atoms with Gasteiger partial charge in [-0.2, -0.15) is 0 Å². The number of fused-ring (bicyclic) bond motifs is 1. The number of carbonyl (C=O) groups excluding carboxylic acids is 1. The molecular formula is C16H25ClN2O2. The van der Waals surface area contributed by atoms with Crippen molar-refractivity contribution in [2.24, 2.45) is 5.73 Å². The summed E-state index contributed by atoms with van der Waals surface area (Å²) in [6, 6.07) is 5.89. The molecule has 4 nitrogen and oxygen atoms in total. The van der Waals surface area contributed by atoms with E-state index in [4.69, 9.17) is 10.5 Å². The van der Waals surface area contributed by atoms with E-state index < -0.39 is 6.04 Å². The van der Waals surface area contributed by atoms with Gasteiger partial charge in [0.1, 0.15) is 6.04 Å². The van der Waals surface area contributed by atoms with Crippen molar-refractivity contribution in [3.63, 3.8) is 0 Å². The average Bonchev–Trinajstić information content (AvgIpc) is 2.46. The third-order valence-corrected chi connectivity index (χ3v) is 3.91. The van der Waals surface area contributed by atoms with Crippen LogP contribution in [0.3, 0.4) is 0 Å². The molecule has 1 amide bonds. The molecule has 2 unspecified atom stereocenters. The van der Waals surface area contributed by atoms with E-state index in [1.165, 1.54) is 30.4 Å². The lowest BCUT2D eigenvalue weighted by atomic mass is 9.89. The zero-order valence-corrected chi connectivity index (χ0v) is 13.5. The molecule has 1 aliphatic rings. The Hall–Kier alpha value is -1.10. The fraction of sp³-hybridized carbons (Fsp3) is 0.562. The van der Waals surface area contributed by atoms with Gasteiger partial charge in [0, 0.05) is 7.11 Å². The Morgan fingerprint density at radius 3 is 2.67 bits per heavy atom. The van der Waals surface area contributed by atoms with Gasteiger partial charge < -0.3 is 15.8 Å². The number of nitrogens with two attached hydrogens (primary N) is 1. The lowest BCUT2D eigenvalue weighted by Gasteiger charge is -2.21. The molecule has 21 heavy (non-hydrogen) atoms. The molecule has 3 N–H and O–H groups in total. The summed E-state index contributed by atoms with van der Waals surface area (Å²) in [5.74, 6) is -0.169. The Morgan fingerprint density at radius 1 is 1.33 bits per heavy atom. The van der Waals surface area contributed by atoms with E-state index in [9.17, 15) is 4.79 Å². The summed E-state index contributed by atoms with van der Waals surface area (Å²) < 4.78 is 4.90. The van der Waals surface area contributed by atoms with Gasteiger partial charge in [-0.1, -0.05) is 18.2 Å². The van der Waals surface area contributed by atoms with Crippen LogP contribution in [-0.4, -0.2) is 25.7 Å². The normalized spacial score (nSPS) is 16.3. The molecule has 2 rings (SSSR count). The smallest absolute Gasteiger partial charge is 0.239 e. The monoisotopic (exact) mass is 312 g/mol. The number of halogens is 1. The highest BCUT2D eigenvalue weighted by molar-refractivity contribution is 5.85. The van der Waals surface area contributed by atoms with Gasteiger partial charge in [-0.05, 0) is 49.3 Å². The third-order valence-electron chi connectivity index (χ3n) is 3.91. The number of rotatable bonds is 5. The van der Waals surface area contributed by atoms with E-state index in [1.807, 2.05) is 6.92 Å². The highest BCUT2D eigenvalue weighted by atomic mass is 35.5. The Labute approximate surface area is 132 Å². The van der Waals surface area contributed by atoms with Gasteiger partial charge in [-0.15, -0.1) is 12.4 Å². The summed E-state index contributed by atoms with van der Waals surface area (Å²) in [6.07, 6.45) is 4.86. The number of hydrogen-bond donors (Lipinski definition) is 2. The number of ether oxygens (including phenoxy) is 1. The molecule has 2 atom stereocenters. The molecular weight excluding hydrogens is 288 g/mol. The fourth-order valence-electron chi connectivity index (χ4n) is 2.68. The van der Waals surface area contributed by atoms with Crippen LogP contribution in [0, 0.1) is 0 Å². The van der Waals surface area contributed by atoms with Crippen LogP contribution in [0.1, 0.15) is 42.5 Å². The maximum atomic E-state index is 11.9. The van der Waals surface area contributed by atoms with Gasteiger partial charge in [-0.25, -0.2) is 0 Å². The first-order valence-corrected chi connectivity index (χ1v) is 7.28. The molecule has 0 heterocycles. The van der Waals surface area contributed by atoms with E-state index >= 15 is 0 Å². The zero-order chi connectivity index (χ0) is 14.5.